The standard InChI is InChI=1S/C21H20ClNO4S/c1-14-17-7-3-5-9-19(17)27-20(14)21(24)23(16-10-11-28(25,26)13-16)12-15-6-2-4-8-18(15)22/h2-9,16H,10-13H2,1H3. The van der Waals surface area contributed by atoms with E-state index in [4.69, 9.17) is 16.0 Å². The van der Waals surface area contributed by atoms with Gasteiger partial charge < -0.3 is 9.32 Å². The van der Waals surface area contributed by atoms with E-state index < -0.39 is 15.9 Å². The Balaban J connectivity index is 1.74. The zero-order chi connectivity index (χ0) is 19.9. The molecule has 5 nitrogen and oxygen atoms in total. The SMILES string of the molecule is Cc1c(C(=O)N(Cc2ccccc2Cl)C2CCS(=O)(=O)C2)oc2ccccc12. The third-order valence-corrected chi connectivity index (χ3v) is 7.37. The van der Waals surface area contributed by atoms with Crippen LogP contribution in [0.4, 0.5) is 0 Å². The van der Waals surface area contributed by atoms with Crippen LogP contribution < -0.4 is 0 Å². The van der Waals surface area contributed by atoms with Gasteiger partial charge in [-0.1, -0.05) is 48.0 Å². The van der Waals surface area contributed by atoms with Gasteiger partial charge in [0.15, 0.2) is 15.6 Å². The predicted molar refractivity (Wildman–Crippen MR) is 109 cm³/mol. The highest BCUT2D eigenvalue weighted by molar-refractivity contribution is 7.91. The molecule has 0 saturated carbocycles. The van der Waals surface area contributed by atoms with E-state index in [-0.39, 0.29) is 29.7 Å². The van der Waals surface area contributed by atoms with Crippen LogP contribution in [0, 0.1) is 6.92 Å². The van der Waals surface area contributed by atoms with Crippen molar-refractivity contribution in [3.63, 3.8) is 0 Å². The molecule has 28 heavy (non-hydrogen) atoms. The maximum Gasteiger partial charge on any atom is 0.290 e. The fourth-order valence-electron chi connectivity index (χ4n) is 3.71. The Bertz CT molecular complexity index is 1150. The Labute approximate surface area is 168 Å². The molecule has 1 atom stereocenters. The van der Waals surface area contributed by atoms with Crippen LogP contribution in [0.1, 0.15) is 28.1 Å². The first-order valence-electron chi connectivity index (χ1n) is 9.08. The van der Waals surface area contributed by atoms with Crippen molar-refractivity contribution in [2.45, 2.75) is 25.9 Å². The number of aryl methyl sites for hydroxylation is 1. The molecule has 146 valence electrons. The number of hydrogen-bond donors (Lipinski definition) is 0. The first-order chi connectivity index (χ1) is 13.4. The number of amides is 1. The van der Waals surface area contributed by atoms with E-state index in [1.807, 2.05) is 49.4 Å². The molecule has 1 aliphatic heterocycles. The average Bonchev–Trinajstić information content (AvgIpc) is 3.20. The van der Waals surface area contributed by atoms with Gasteiger partial charge in [-0.3, -0.25) is 4.79 Å². The van der Waals surface area contributed by atoms with Crippen molar-refractivity contribution in [1.29, 1.82) is 0 Å². The molecule has 4 rings (SSSR count). The molecule has 2 heterocycles. The Morgan fingerprint density at radius 3 is 2.57 bits per heavy atom. The summed E-state index contributed by atoms with van der Waals surface area (Å²) in [6.07, 6.45) is 0.414. The summed E-state index contributed by atoms with van der Waals surface area (Å²) in [5.74, 6) is -0.0146. The smallest absolute Gasteiger partial charge is 0.290 e. The molecule has 1 aliphatic rings. The van der Waals surface area contributed by atoms with E-state index in [1.54, 1.807) is 11.0 Å². The van der Waals surface area contributed by atoms with Crippen LogP contribution in [-0.2, 0) is 16.4 Å². The number of furan rings is 1. The number of halogens is 1. The van der Waals surface area contributed by atoms with Crippen LogP contribution in [-0.4, -0.2) is 36.8 Å². The van der Waals surface area contributed by atoms with E-state index in [1.165, 1.54) is 0 Å². The highest BCUT2D eigenvalue weighted by Gasteiger charge is 2.37. The molecular weight excluding hydrogens is 398 g/mol. The van der Waals surface area contributed by atoms with E-state index in [0.29, 0.717) is 17.0 Å². The lowest BCUT2D eigenvalue weighted by molar-refractivity contribution is 0.0649. The van der Waals surface area contributed by atoms with E-state index in [9.17, 15) is 13.2 Å². The van der Waals surface area contributed by atoms with Gasteiger partial charge in [-0.05, 0) is 31.0 Å². The third-order valence-electron chi connectivity index (χ3n) is 5.25. The molecule has 0 radical (unpaired) electrons. The number of carbonyl (C=O) groups is 1. The van der Waals surface area contributed by atoms with Crippen LogP contribution in [0.2, 0.25) is 5.02 Å². The second-order valence-corrected chi connectivity index (χ2v) is 9.77. The average molecular weight is 418 g/mol. The van der Waals surface area contributed by atoms with Crippen molar-refractivity contribution in [3.8, 4) is 0 Å². The number of carbonyl (C=O) groups excluding carboxylic acids is 1. The van der Waals surface area contributed by atoms with Gasteiger partial charge in [0, 0.05) is 28.6 Å². The number of nitrogens with zero attached hydrogens (tertiary/aromatic N) is 1. The van der Waals surface area contributed by atoms with Crippen LogP contribution in [0.5, 0.6) is 0 Å². The number of para-hydroxylation sites is 1. The summed E-state index contributed by atoms with van der Waals surface area (Å²) < 4.78 is 29.9. The molecule has 3 aromatic rings. The van der Waals surface area contributed by atoms with Crippen LogP contribution >= 0.6 is 11.6 Å². The van der Waals surface area contributed by atoms with Crippen molar-refractivity contribution in [2.75, 3.05) is 11.5 Å². The van der Waals surface area contributed by atoms with Gasteiger partial charge in [-0.2, -0.15) is 0 Å². The fourth-order valence-corrected chi connectivity index (χ4v) is 5.63. The number of fused-ring (bicyclic) bond motifs is 1. The minimum absolute atomic E-state index is 0.0392. The van der Waals surface area contributed by atoms with Crippen molar-refractivity contribution >= 4 is 38.3 Å². The van der Waals surface area contributed by atoms with Gasteiger partial charge in [0.25, 0.3) is 5.91 Å². The summed E-state index contributed by atoms with van der Waals surface area (Å²) in [4.78, 5) is 15.0. The molecule has 0 spiro atoms. The minimum atomic E-state index is -3.15. The number of hydrogen-bond acceptors (Lipinski definition) is 4. The van der Waals surface area contributed by atoms with Crippen LogP contribution in [0.3, 0.4) is 0 Å². The molecule has 0 aliphatic carbocycles. The Hall–Kier alpha value is -2.31. The molecule has 1 fully saturated rings. The lowest BCUT2D eigenvalue weighted by atomic mass is 10.1. The number of benzene rings is 2. The highest BCUT2D eigenvalue weighted by Crippen LogP contribution is 2.30. The Morgan fingerprint density at radius 2 is 1.89 bits per heavy atom. The zero-order valence-corrected chi connectivity index (χ0v) is 17.0. The normalized spacial score (nSPS) is 18.4. The lowest BCUT2D eigenvalue weighted by Gasteiger charge is -2.28. The first-order valence-corrected chi connectivity index (χ1v) is 11.3. The molecule has 1 aromatic heterocycles. The maximum absolute atomic E-state index is 13.4. The zero-order valence-electron chi connectivity index (χ0n) is 15.4. The van der Waals surface area contributed by atoms with E-state index in [0.717, 1.165) is 16.5 Å². The predicted octanol–water partition coefficient (Wildman–Crippen LogP) is 4.22. The molecular formula is C21H20ClNO4S. The Kier molecular flexibility index (Phi) is 4.93. The fraction of sp³-hybridized carbons (Fsp3) is 0.286. The van der Waals surface area contributed by atoms with Gasteiger partial charge in [-0.25, -0.2) is 8.42 Å². The molecule has 0 bridgehead atoms. The molecule has 7 heteroatoms. The largest absolute Gasteiger partial charge is 0.451 e. The summed E-state index contributed by atoms with van der Waals surface area (Å²) in [5.41, 5.74) is 2.17. The van der Waals surface area contributed by atoms with Crippen molar-refractivity contribution < 1.29 is 17.6 Å². The van der Waals surface area contributed by atoms with Gasteiger partial charge in [0.2, 0.25) is 0 Å². The third kappa shape index (κ3) is 3.54. The summed E-state index contributed by atoms with van der Waals surface area (Å²) >= 11 is 6.30. The highest BCUT2D eigenvalue weighted by atomic mass is 35.5. The van der Waals surface area contributed by atoms with Gasteiger partial charge >= 0.3 is 0 Å². The van der Waals surface area contributed by atoms with Gasteiger partial charge in [0.05, 0.1) is 11.5 Å². The minimum Gasteiger partial charge on any atom is -0.451 e. The number of rotatable bonds is 4. The van der Waals surface area contributed by atoms with Crippen molar-refractivity contribution in [1.82, 2.24) is 4.90 Å². The van der Waals surface area contributed by atoms with Crippen LogP contribution in [0.15, 0.2) is 52.9 Å². The van der Waals surface area contributed by atoms with Crippen molar-refractivity contribution in [2.24, 2.45) is 0 Å². The summed E-state index contributed by atoms with van der Waals surface area (Å²) in [5, 5.41) is 1.42. The molecule has 1 unspecified atom stereocenters. The monoisotopic (exact) mass is 417 g/mol. The van der Waals surface area contributed by atoms with E-state index >= 15 is 0 Å². The molecule has 1 saturated heterocycles. The van der Waals surface area contributed by atoms with Crippen molar-refractivity contribution in [3.05, 3.63) is 70.4 Å². The second kappa shape index (κ2) is 7.26. The number of sulfone groups is 1. The van der Waals surface area contributed by atoms with Gasteiger partial charge in [-0.15, -0.1) is 0 Å². The molecule has 2 aromatic carbocycles. The first kappa shape index (κ1) is 19.0. The summed E-state index contributed by atoms with van der Waals surface area (Å²) in [6, 6.07) is 14.3. The van der Waals surface area contributed by atoms with Gasteiger partial charge in [0.1, 0.15) is 5.58 Å². The second-order valence-electron chi connectivity index (χ2n) is 7.13. The molecule has 0 N–H and O–H groups in total. The summed E-state index contributed by atoms with van der Waals surface area (Å²) in [7, 11) is -3.15. The van der Waals surface area contributed by atoms with E-state index in [2.05, 4.69) is 0 Å². The quantitative estimate of drug-likeness (QED) is 0.637. The lowest BCUT2D eigenvalue weighted by Crippen LogP contribution is -2.40. The Morgan fingerprint density at radius 1 is 1.18 bits per heavy atom. The summed E-state index contributed by atoms with van der Waals surface area (Å²) in [6.45, 7) is 2.08. The maximum atomic E-state index is 13.4. The van der Waals surface area contributed by atoms with Crippen LogP contribution in [0.25, 0.3) is 11.0 Å². The topological polar surface area (TPSA) is 67.6 Å². The molecule has 1 amide bonds.